The van der Waals surface area contributed by atoms with Crippen molar-refractivity contribution < 1.29 is 9.47 Å². The van der Waals surface area contributed by atoms with Crippen LogP contribution in [0.1, 0.15) is 0 Å². The quantitative estimate of drug-likeness (QED) is 0.536. The SMILES string of the molecule is COc1ccc2nc(SCCOc3cccc(Cl)c3)[nH]c2c1. The molecule has 0 saturated carbocycles. The molecule has 1 aromatic heterocycles. The van der Waals surface area contributed by atoms with Crippen molar-refractivity contribution in [3.8, 4) is 11.5 Å². The van der Waals surface area contributed by atoms with E-state index in [4.69, 9.17) is 21.1 Å². The van der Waals surface area contributed by atoms with Crippen LogP contribution in [0.3, 0.4) is 0 Å². The number of benzene rings is 2. The molecule has 0 spiro atoms. The molecule has 0 aliphatic heterocycles. The summed E-state index contributed by atoms with van der Waals surface area (Å²) >= 11 is 7.53. The van der Waals surface area contributed by atoms with Gasteiger partial charge in [0.2, 0.25) is 0 Å². The summed E-state index contributed by atoms with van der Waals surface area (Å²) in [7, 11) is 1.65. The largest absolute Gasteiger partial charge is 0.497 e. The number of fused-ring (bicyclic) bond motifs is 1. The molecule has 3 aromatic rings. The van der Waals surface area contributed by atoms with Crippen LogP contribution in [0.25, 0.3) is 11.0 Å². The Balaban J connectivity index is 1.55. The number of thioether (sulfide) groups is 1. The minimum atomic E-state index is 0.589. The molecule has 22 heavy (non-hydrogen) atoms. The second-order valence-corrected chi connectivity index (χ2v) is 6.10. The highest BCUT2D eigenvalue weighted by Crippen LogP contribution is 2.23. The van der Waals surface area contributed by atoms with Crippen LogP contribution in [-0.4, -0.2) is 29.4 Å². The summed E-state index contributed by atoms with van der Waals surface area (Å²) in [5.41, 5.74) is 1.90. The van der Waals surface area contributed by atoms with Gasteiger partial charge in [0.15, 0.2) is 5.16 Å². The number of aromatic amines is 1. The number of hydrogen-bond acceptors (Lipinski definition) is 4. The highest BCUT2D eigenvalue weighted by molar-refractivity contribution is 7.99. The summed E-state index contributed by atoms with van der Waals surface area (Å²) in [6.45, 7) is 0.589. The Morgan fingerprint density at radius 2 is 2.09 bits per heavy atom. The van der Waals surface area contributed by atoms with Crippen molar-refractivity contribution in [2.24, 2.45) is 0 Å². The number of rotatable bonds is 6. The van der Waals surface area contributed by atoms with Crippen molar-refractivity contribution in [3.63, 3.8) is 0 Å². The van der Waals surface area contributed by atoms with Crippen molar-refractivity contribution in [3.05, 3.63) is 47.5 Å². The summed E-state index contributed by atoms with van der Waals surface area (Å²) in [6.07, 6.45) is 0. The third-order valence-electron chi connectivity index (χ3n) is 3.05. The Morgan fingerprint density at radius 3 is 2.91 bits per heavy atom. The summed E-state index contributed by atoms with van der Waals surface area (Å²) in [4.78, 5) is 7.80. The first-order chi connectivity index (χ1) is 10.7. The first kappa shape index (κ1) is 15.1. The van der Waals surface area contributed by atoms with Gasteiger partial charge in [-0.2, -0.15) is 0 Å². The van der Waals surface area contributed by atoms with E-state index in [9.17, 15) is 0 Å². The Kier molecular flexibility index (Phi) is 4.75. The molecule has 0 bridgehead atoms. The smallest absolute Gasteiger partial charge is 0.166 e. The van der Waals surface area contributed by atoms with Crippen molar-refractivity contribution in [1.29, 1.82) is 0 Å². The number of H-pyrrole nitrogens is 1. The highest BCUT2D eigenvalue weighted by Gasteiger charge is 2.05. The Labute approximate surface area is 137 Å². The lowest BCUT2D eigenvalue weighted by Crippen LogP contribution is -2.00. The zero-order valence-corrected chi connectivity index (χ0v) is 13.6. The molecule has 0 atom stereocenters. The van der Waals surface area contributed by atoms with Crippen molar-refractivity contribution in [2.75, 3.05) is 19.5 Å². The number of aromatic nitrogens is 2. The molecule has 114 valence electrons. The topological polar surface area (TPSA) is 47.1 Å². The fourth-order valence-corrected chi connectivity index (χ4v) is 2.90. The molecule has 0 aliphatic carbocycles. The molecule has 0 aliphatic rings. The van der Waals surface area contributed by atoms with E-state index < -0.39 is 0 Å². The molecule has 2 aromatic carbocycles. The van der Waals surface area contributed by atoms with Crippen LogP contribution in [0, 0.1) is 0 Å². The van der Waals surface area contributed by atoms with E-state index in [1.165, 1.54) is 0 Å². The molecular weight excluding hydrogens is 320 g/mol. The van der Waals surface area contributed by atoms with E-state index in [0.717, 1.165) is 33.4 Å². The summed E-state index contributed by atoms with van der Waals surface area (Å²) in [5.74, 6) is 2.39. The van der Waals surface area contributed by atoms with Crippen molar-refractivity contribution >= 4 is 34.4 Å². The van der Waals surface area contributed by atoms with Gasteiger partial charge in [-0.1, -0.05) is 29.4 Å². The number of hydrogen-bond donors (Lipinski definition) is 1. The van der Waals surface area contributed by atoms with Gasteiger partial charge in [-0.05, 0) is 30.3 Å². The first-order valence-electron chi connectivity index (χ1n) is 6.79. The molecular formula is C16H15ClN2O2S. The van der Waals surface area contributed by atoms with E-state index in [1.54, 1.807) is 24.9 Å². The molecule has 1 N–H and O–H groups in total. The van der Waals surface area contributed by atoms with E-state index in [1.807, 2.05) is 36.4 Å². The average Bonchev–Trinajstić information content (AvgIpc) is 2.93. The van der Waals surface area contributed by atoms with Crippen LogP contribution in [0.15, 0.2) is 47.6 Å². The zero-order valence-electron chi connectivity index (χ0n) is 12.0. The lowest BCUT2D eigenvalue weighted by atomic mass is 10.3. The molecule has 6 heteroatoms. The molecule has 0 radical (unpaired) electrons. The first-order valence-corrected chi connectivity index (χ1v) is 8.16. The van der Waals surface area contributed by atoms with Gasteiger partial charge in [-0.15, -0.1) is 0 Å². The zero-order chi connectivity index (χ0) is 15.4. The van der Waals surface area contributed by atoms with Gasteiger partial charge in [-0.25, -0.2) is 4.98 Å². The molecule has 3 rings (SSSR count). The van der Waals surface area contributed by atoms with Crippen LogP contribution in [-0.2, 0) is 0 Å². The van der Waals surface area contributed by atoms with E-state index in [-0.39, 0.29) is 0 Å². The van der Waals surface area contributed by atoms with Crippen molar-refractivity contribution in [2.45, 2.75) is 5.16 Å². The number of methoxy groups -OCH3 is 1. The van der Waals surface area contributed by atoms with E-state index in [0.29, 0.717) is 11.6 Å². The van der Waals surface area contributed by atoms with Crippen LogP contribution in [0.2, 0.25) is 5.02 Å². The van der Waals surface area contributed by atoms with E-state index >= 15 is 0 Å². The highest BCUT2D eigenvalue weighted by atomic mass is 35.5. The van der Waals surface area contributed by atoms with Crippen LogP contribution < -0.4 is 9.47 Å². The number of nitrogens with zero attached hydrogens (tertiary/aromatic N) is 1. The minimum absolute atomic E-state index is 0.589. The molecule has 0 saturated heterocycles. The lowest BCUT2D eigenvalue weighted by Gasteiger charge is -2.05. The number of halogens is 1. The number of nitrogens with one attached hydrogen (secondary N) is 1. The van der Waals surface area contributed by atoms with Gasteiger partial charge >= 0.3 is 0 Å². The summed E-state index contributed by atoms with van der Waals surface area (Å²) in [5, 5.41) is 1.55. The van der Waals surface area contributed by atoms with Gasteiger partial charge in [0, 0.05) is 16.8 Å². The van der Waals surface area contributed by atoms with Gasteiger partial charge in [0.25, 0.3) is 0 Å². The monoisotopic (exact) mass is 334 g/mol. The van der Waals surface area contributed by atoms with Crippen LogP contribution in [0.4, 0.5) is 0 Å². The maximum Gasteiger partial charge on any atom is 0.166 e. The Bertz CT molecular complexity index is 776. The lowest BCUT2D eigenvalue weighted by molar-refractivity contribution is 0.344. The second-order valence-electron chi connectivity index (χ2n) is 4.58. The fourth-order valence-electron chi connectivity index (χ4n) is 2.02. The Morgan fingerprint density at radius 1 is 1.18 bits per heavy atom. The summed E-state index contributed by atoms with van der Waals surface area (Å²) < 4.78 is 10.9. The maximum absolute atomic E-state index is 5.91. The minimum Gasteiger partial charge on any atom is -0.497 e. The van der Waals surface area contributed by atoms with Crippen molar-refractivity contribution in [1.82, 2.24) is 9.97 Å². The van der Waals surface area contributed by atoms with E-state index in [2.05, 4.69) is 9.97 Å². The number of imidazole rings is 1. The maximum atomic E-state index is 5.91. The third kappa shape index (κ3) is 3.67. The second kappa shape index (κ2) is 6.94. The molecule has 1 heterocycles. The molecule has 4 nitrogen and oxygen atoms in total. The van der Waals surface area contributed by atoms with Gasteiger partial charge < -0.3 is 14.5 Å². The van der Waals surface area contributed by atoms with Crippen LogP contribution in [0.5, 0.6) is 11.5 Å². The standard InChI is InChI=1S/C16H15ClN2O2S/c1-20-12-5-6-14-15(10-12)19-16(18-14)22-8-7-21-13-4-2-3-11(17)9-13/h2-6,9-10H,7-8H2,1H3,(H,18,19). The molecule has 0 amide bonds. The normalized spacial score (nSPS) is 10.8. The predicted octanol–water partition coefficient (Wildman–Crippen LogP) is 4.40. The Hall–Kier alpha value is -1.85. The third-order valence-corrected chi connectivity index (χ3v) is 4.13. The fraction of sp³-hybridized carbons (Fsp3) is 0.188. The van der Waals surface area contributed by atoms with Crippen LogP contribution >= 0.6 is 23.4 Å². The molecule has 0 unspecified atom stereocenters. The molecule has 0 fully saturated rings. The summed E-state index contributed by atoms with van der Waals surface area (Å²) in [6, 6.07) is 13.2. The van der Waals surface area contributed by atoms with Gasteiger partial charge in [0.1, 0.15) is 11.5 Å². The predicted molar refractivity (Wildman–Crippen MR) is 90.3 cm³/mol. The number of ether oxygens (including phenoxy) is 2. The van der Waals surface area contributed by atoms with Gasteiger partial charge in [-0.3, -0.25) is 0 Å². The van der Waals surface area contributed by atoms with Gasteiger partial charge in [0.05, 0.1) is 24.8 Å². The average molecular weight is 335 g/mol.